The molecule has 124 valence electrons. The third-order valence-electron chi connectivity index (χ3n) is 3.48. The Kier molecular flexibility index (Phi) is 4.13. The highest BCUT2D eigenvalue weighted by molar-refractivity contribution is 6.02. The third-order valence-corrected chi connectivity index (χ3v) is 3.48. The van der Waals surface area contributed by atoms with Gasteiger partial charge in [-0.15, -0.1) is 0 Å². The highest BCUT2D eigenvalue weighted by Gasteiger charge is 2.26. The maximum atomic E-state index is 12.2. The smallest absolute Gasteiger partial charge is 0.342 e. The number of hydrogen-bond donors (Lipinski definition) is 2. The average molecular weight is 332 g/mol. The number of carbonyl (C=O) groups is 1. The summed E-state index contributed by atoms with van der Waals surface area (Å²) >= 11 is 0. The number of carbonyl (C=O) groups excluding carboxylic acids is 1. The van der Waals surface area contributed by atoms with Crippen molar-refractivity contribution in [1.29, 1.82) is 0 Å². The molecule has 0 amide bonds. The van der Waals surface area contributed by atoms with E-state index in [1.54, 1.807) is 18.2 Å². The van der Waals surface area contributed by atoms with E-state index in [4.69, 9.17) is 14.9 Å². The molecule has 0 radical (unpaired) electrons. The molecule has 1 aliphatic carbocycles. The van der Waals surface area contributed by atoms with Crippen LogP contribution in [0, 0.1) is 0 Å². The van der Waals surface area contributed by atoms with E-state index in [0.29, 0.717) is 16.7 Å². The molecule has 1 heterocycles. The molecule has 1 aromatic carbocycles. The second-order valence-corrected chi connectivity index (χ2v) is 4.97. The number of nitrogens with two attached hydrogens (primary N) is 1. The first-order chi connectivity index (χ1) is 11.6. The van der Waals surface area contributed by atoms with Crippen LogP contribution in [0.2, 0.25) is 0 Å². The Morgan fingerprint density at radius 1 is 1.42 bits per heavy atom. The minimum atomic E-state index is -0.962. The van der Waals surface area contributed by atoms with Gasteiger partial charge in [0, 0.05) is 11.6 Å². The quantitative estimate of drug-likeness (QED) is 0.422. The van der Waals surface area contributed by atoms with Gasteiger partial charge in [0.25, 0.3) is 0 Å². The standard InChI is InChI=1S/C16H13FN2O5/c17-4-5-23-16(22)12-13(18)9(21)6-11-15(12)19-14-8(7-20)2-1-3-10(14)24-11/h1-3,6,20H,4-5,7,18H2. The van der Waals surface area contributed by atoms with Crippen LogP contribution in [0.25, 0.3) is 22.6 Å². The summed E-state index contributed by atoms with van der Waals surface area (Å²) in [5.74, 6) is -0.916. The first kappa shape index (κ1) is 15.9. The molecule has 1 aliphatic heterocycles. The number of ether oxygens (including phenoxy) is 1. The predicted octanol–water partition coefficient (Wildman–Crippen LogP) is 1.49. The Labute approximate surface area is 134 Å². The summed E-state index contributed by atoms with van der Waals surface area (Å²) in [7, 11) is 0. The summed E-state index contributed by atoms with van der Waals surface area (Å²) in [6.45, 7) is -1.62. The molecule has 8 heteroatoms. The average Bonchev–Trinajstić information content (AvgIpc) is 2.58. The number of fused-ring (bicyclic) bond motifs is 2. The molecule has 0 aromatic heterocycles. The molecule has 0 bridgehead atoms. The summed E-state index contributed by atoms with van der Waals surface area (Å²) in [6, 6.07) is 6.04. The molecule has 7 nitrogen and oxygen atoms in total. The molecule has 2 aliphatic rings. The normalized spacial score (nSPS) is 11.1. The van der Waals surface area contributed by atoms with E-state index in [9.17, 15) is 19.1 Å². The molecule has 3 rings (SSSR count). The SMILES string of the molecule is Nc1c(C(=O)OCCF)c2nc3c(CO)cccc3oc-2cc1=O. The van der Waals surface area contributed by atoms with Crippen molar-refractivity contribution in [3.63, 3.8) is 0 Å². The first-order valence-electron chi connectivity index (χ1n) is 7.05. The largest absolute Gasteiger partial charge is 0.459 e. The number of para-hydroxylation sites is 1. The van der Waals surface area contributed by atoms with Crippen molar-refractivity contribution < 1.29 is 23.4 Å². The van der Waals surface area contributed by atoms with E-state index in [-0.39, 0.29) is 29.3 Å². The number of nitrogen functional groups attached to an aromatic ring is 1. The Bertz CT molecular complexity index is 953. The summed E-state index contributed by atoms with van der Waals surface area (Å²) in [5.41, 5.74) is 5.60. The van der Waals surface area contributed by atoms with Crippen molar-refractivity contribution >= 4 is 22.8 Å². The lowest BCUT2D eigenvalue weighted by molar-refractivity contribution is 0.0482. The number of esters is 1. The van der Waals surface area contributed by atoms with Gasteiger partial charge in [0.15, 0.2) is 11.3 Å². The highest BCUT2D eigenvalue weighted by atomic mass is 19.1. The lowest BCUT2D eigenvalue weighted by Crippen LogP contribution is -2.19. The minimum Gasteiger partial charge on any atom is -0.459 e. The number of alkyl halides is 1. The third kappa shape index (κ3) is 2.56. The fraction of sp³-hybridized carbons (Fsp3) is 0.188. The van der Waals surface area contributed by atoms with Gasteiger partial charge in [-0.1, -0.05) is 12.1 Å². The van der Waals surface area contributed by atoms with E-state index < -0.39 is 24.7 Å². The van der Waals surface area contributed by atoms with Crippen molar-refractivity contribution in [2.45, 2.75) is 6.61 Å². The van der Waals surface area contributed by atoms with Gasteiger partial charge in [0.2, 0.25) is 5.43 Å². The van der Waals surface area contributed by atoms with Gasteiger partial charge in [-0.05, 0) is 6.07 Å². The maximum Gasteiger partial charge on any atom is 0.342 e. The van der Waals surface area contributed by atoms with Crippen molar-refractivity contribution in [2.75, 3.05) is 19.0 Å². The van der Waals surface area contributed by atoms with Gasteiger partial charge in [0.1, 0.15) is 30.1 Å². The summed E-state index contributed by atoms with van der Waals surface area (Å²) in [4.78, 5) is 28.4. The van der Waals surface area contributed by atoms with E-state index in [1.165, 1.54) is 0 Å². The van der Waals surface area contributed by atoms with Gasteiger partial charge in [-0.25, -0.2) is 14.2 Å². The number of aliphatic hydroxyl groups is 1. The molecule has 3 N–H and O–H groups in total. The number of aromatic nitrogens is 1. The minimum absolute atomic E-state index is 0.0179. The van der Waals surface area contributed by atoms with Crippen LogP contribution in [0.1, 0.15) is 15.9 Å². The van der Waals surface area contributed by atoms with Gasteiger partial charge in [-0.2, -0.15) is 0 Å². The maximum absolute atomic E-state index is 12.2. The molecule has 24 heavy (non-hydrogen) atoms. The zero-order valence-electron chi connectivity index (χ0n) is 12.4. The predicted molar refractivity (Wildman–Crippen MR) is 83.5 cm³/mol. The molecule has 0 atom stereocenters. The van der Waals surface area contributed by atoms with Crippen LogP contribution in [0.4, 0.5) is 10.1 Å². The topological polar surface area (TPSA) is 116 Å². The van der Waals surface area contributed by atoms with Crippen molar-refractivity contribution in [1.82, 2.24) is 4.98 Å². The van der Waals surface area contributed by atoms with Crippen molar-refractivity contribution in [2.24, 2.45) is 0 Å². The number of nitrogens with zero attached hydrogens (tertiary/aromatic N) is 1. The molecule has 0 saturated heterocycles. The Balaban J connectivity index is 2.33. The lowest BCUT2D eigenvalue weighted by atomic mass is 10.1. The zero-order valence-corrected chi connectivity index (χ0v) is 12.4. The second kappa shape index (κ2) is 6.25. The molecular formula is C16H13FN2O5. The molecular weight excluding hydrogens is 319 g/mol. The second-order valence-electron chi connectivity index (χ2n) is 4.97. The van der Waals surface area contributed by atoms with Crippen LogP contribution in [0.5, 0.6) is 0 Å². The molecule has 0 fully saturated rings. The van der Waals surface area contributed by atoms with Crippen molar-refractivity contribution in [3.05, 3.63) is 45.6 Å². The van der Waals surface area contributed by atoms with Gasteiger partial charge in [0.05, 0.1) is 12.3 Å². The van der Waals surface area contributed by atoms with Crippen LogP contribution in [0.3, 0.4) is 0 Å². The van der Waals surface area contributed by atoms with E-state index in [2.05, 4.69) is 4.98 Å². The summed E-state index contributed by atoms with van der Waals surface area (Å²) < 4.78 is 22.6. The number of aliphatic hydroxyl groups excluding tert-OH is 1. The number of halogens is 1. The molecule has 0 saturated carbocycles. The number of hydrogen-bond acceptors (Lipinski definition) is 7. The monoisotopic (exact) mass is 332 g/mol. The van der Waals surface area contributed by atoms with Crippen molar-refractivity contribution in [3.8, 4) is 11.5 Å². The van der Waals surface area contributed by atoms with E-state index in [1.807, 2.05) is 0 Å². The van der Waals surface area contributed by atoms with E-state index in [0.717, 1.165) is 6.07 Å². The van der Waals surface area contributed by atoms with Crippen LogP contribution in [-0.2, 0) is 11.3 Å². The Morgan fingerprint density at radius 2 is 2.21 bits per heavy atom. The van der Waals surface area contributed by atoms with Gasteiger partial charge < -0.3 is 20.0 Å². The number of rotatable bonds is 4. The Morgan fingerprint density at radius 3 is 2.92 bits per heavy atom. The number of benzene rings is 2. The van der Waals surface area contributed by atoms with Crippen LogP contribution < -0.4 is 11.2 Å². The summed E-state index contributed by atoms with van der Waals surface area (Å²) in [6.07, 6.45) is 0. The fourth-order valence-corrected chi connectivity index (χ4v) is 2.37. The fourth-order valence-electron chi connectivity index (χ4n) is 2.37. The first-order valence-corrected chi connectivity index (χ1v) is 7.05. The van der Waals surface area contributed by atoms with Gasteiger partial charge in [-0.3, -0.25) is 4.79 Å². The zero-order chi connectivity index (χ0) is 17.3. The molecule has 1 aromatic rings. The van der Waals surface area contributed by atoms with Crippen LogP contribution in [-0.4, -0.2) is 29.3 Å². The highest BCUT2D eigenvalue weighted by Crippen LogP contribution is 2.31. The Hall–Kier alpha value is -3.00. The lowest BCUT2D eigenvalue weighted by Gasteiger charge is -2.13. The molecule has 0 spiro atoms. The number of anilines is 1. The van der Waals surface area contributed by atoms with E-state index >= 15 is 0 Å². The van der Waals surface area contributed by atoms with Crippen LogP contribution in [0.15, 0.2) is 33.5 Å². The summed E-state index contributed by atoms with van der Waals surface area (Å²) in [5, 5.41) is 9.41. The van der Waals surface area contributed by atoms with Crippen LogP contribution >= 0.6 is 0 Å². The molecule has 0 unspecified atom stereocenters. The van der Waals surface area contributed by atoms with Gasteiger partial charge >= 0.3 is 5.97 Å².